The van der Waals surface area contributed by atoms with Gasteiger partial charge in [-0.25, -0.2) is 0 Å². The van der Waals surface area contributed by atoms with Gasteiger partial charge < -0.3 is 15.2 Å². The second-order valence-corrected chi connectivity index (χ2v) is 8.52. The van der Waals surface area contributed by atoms with E-state index in [4.69, 9.17) is 9.73 Å². The van der Waals surface area contributed by atoms with Gasteiger partial charge in [-0.1, -0.05) is 73.5 Å². The van der Waals surface area contributed by atoms with E-state index < -0.39 is 5.79 Å². The number of nitrogens with zero attached hydrogens (tertiary/aromatic N) is 1. The molecule has 0 aromatic heterocycles. The number of aliphatic imine (C=N–C) groups is 1. The standard InChI is InChI=1S/C26H26N2O3/c29-23(20-11-5-2-6-12-20)21-13-14-22(27-17-19-9-3-1-4-10-19)26(30)24(21)28-25(18-31-26)15-7-8-16-25/h1-6,9-14,27,30H,7-8,15-18H2. The molecule has 1 aliphatic heterocycles. The van der Waals surface area contributed by atoms with Gasteiger partial charge in [0.2, 0.25) is 0 Å². The summed E-state index contributed by atoms with van der Waals surface area (Å²) in [5.41, 5.74) is 2.53. The number of carbonyl (C=O) groups excluding carboxylic acids is 1. The maximum Gasteiger partial charge on any atom is 0.252 e. The molecule has 0 radical (unpaired) electrons. The number of aliphatic hydroxyl groups is 1. The molecule has 2 aliphatic carbocycles. The molecule has 5 nitrogen and oxygen atoms in total. The molecule has 0 amide bonds. The Morgan fingerprint density at radius 2 is 1.68 bits per heavy atom. The van der Waals surface area contributed by atoms with Crippen molar-refractivity contribution in [3.8, 4) is 0 Å². The summed E-state index contributed by atoms with van der Waals surface area (Å²) in [7, 11) is 0. The molecule has 1 atom stereocenters. The van der Waals surface area contributed by atoms with E-state index in [0.29, 0.717) is 35.7 Å². The fraction of sp³-hybridized carbons (Fsp3) is 0.308. The zero-order valence-electron chi connectivity index (χ0n) is 17.4. The molecule has 5 rings (SSSR count). The minimum absolute atomic E-state index is 0.158. The van der Waals surface area contributed by atoms with Crippen molar-refractivity contribution < 1.29 is 14.6 Å². The second-order valence-electron chi connectivity index (χ2n) is 8.52. The highest BCUT2D eigenvalue weighted by atomic mass is 16.6. The molecule has 0 bridgehead atoms. The number of carbonyl (C=O) groups is 1. The monoisotopic (exact) mass is 414 g/mol. The third-order valence-electron chi connectivity index (χ3n) is 6.40. The number of ketones is 1. The molecule has 1 saturated carbocycles. The number of ether oxygens (including phenoxy) is 1. The predicted molar refractivity (Wildman–Crippen MR) is 120 cm³/mol. The van der Waals surface area contributed by atoms with Crippen LogP contribution in [-0.4, -0.2) is 34.5 Å². The molecule has 2 N–H and O–H groups in total. The highest BCUT2D eigenvalue weighted by molar-refractivity contribution is 6.31. The first-order valence-electron chi connectivity index (χ1n) is 10.9. The van der Waals surface area contributed by atoms with Crippen molar-refractivity contribution in [1.29, 1.82) is 0 Å². The van der Waals surface area contributed by atoms with Gasteiger partial charge in [0.1, 0.15) is 5.71 Å². The third kappa shape index (κ3) is 3.64. The minimum atomic E-state index is -1.75. The van der Waals surface area contributed by atoms with Gasteiger partial charge in [-0.15, -0.1) is 0 Å². The van der Waals surface area contributed by atoms with Gasteiger partial charge in [0.25, 0.3) is 5.79 Å². The van der Waals surface area contributed by atoms with Gasteiger partial charge in [-0.2, -0.15) is 0 Å². The van der Waals surface area contributed by atoms with Crippen molar-refractivity contribution in [1.82, 2.24) is 5.32 Å². The first-order valence-corrected chi connectivity index (χ1v) is 10.9. The molecule has 3 aliphatic rings. The topological polar surface area (TPSA) is 70.9 Å². The highest BCUT2D eigenvalue weighted by Gasteiger charge is 2.51. The fourth-order valence-electron chi connectivity index (χ4n) is 4.65. The van der Waals surface area contributed by atoms with Crippen LogP contribution in [0, 0.1) is 0 Å². The lowest BCUT2D eigenvalue weighted by Gasteiger charge is -2.43. The molecule has 1 heterocycles. The first kappa shape index (κ1) is 19.9. The Morgan fingerprint density at radius 3 is 2.39 bits per heavy atom. The van der Waals surface area contributed by atoms with Crippen molar-refractivity contribution >= 4 is 11.5 Å². The summed E-state index contributed by atoms with van der Waals surface area (Å²) in [5.74, 6) is -1.91. The molecule has 1 fully saturated rings. The summed E-state index contributed by atoms with van der Waals surface area (Å²) in [6.07, 6.45) is 7.49. The molecular weight excluding hydrogens is 388 g/mol. The van der Waals surface area contributed by atoms with E-state index in [9.17, 15) is 9.90 Å². The van der Waals surface area contributed by atoms with Gasteiger partial charge in [-0.05, 0) is 30.6 Å². The van der Waals surface area contributed by atoms with Crippen molar-refractivity contribution in [2.45, 2.75) is 43.6 Å². The highest BCUT2D eigenvalue weighted by Crippen LogP contribution is 2.42. The Hall–Kier alpha value is -3.02. The molecule has 158 valence electrons. The summed E-state index contributed by atoms with van der Waals surface area (Å²) in [6, 6.07) is 19.1. The van der Waals surface area contributed by atoms with Crippen molar-refractivity contribution in [3.63, 3.8) is 0 Å². The smallest absolute Gasteiger partial charge is 0.252 e. The summed E-state index contributed by atoms with van der Waals surface area (Å²) < 4.78 is 6.13. The molecule has 2 aromatic carbocycles. The predicted octanol–water partition coefficient (Wildman–Crippen LogP) is 3.96. The van der Waals surface area contributed by atoms with E-state index in [1.54, 1.807) is 24.3 Å². The second kappa shape index (κ2) is 7.91. The third-order valence-corrected chi connectivity index (χ3v) is 6.40. The molecule has 1 unspecified atom stereocenters. The number of hydrogen-bond acceptors (Lipinski definition) is 5. The number of hydrogen-bond donors (Lipinski definition) is 2. The van der Waals surface area contributed by atoms with Crippen LogP contribution in [0.1, 0.15) is 41.6 Å². The van der Waals surface area contributed by atoms with Gasteiger partial charge in [0.15, 0.2) is 5.78 Å². The SMILES string of the molecule is O=C(C1=CC=C(NCc2ccccc2)C2(O)OCC3(CCCC3)N=C12)c1ccccc1. The lowest BCUT2D eigenvalue weighted by molar-refractivity contribution is -0.147. The number of allylic oxidation sites excluding steroid dienone is 2. The summed E-state index contributed by atoms with van der Waals surface area (Å²) in [4.78, 5) is 18.3. The van der Waals surface area contributed by atoms with Crippen LogP contribution in [0.4, 0.5) is 0 Å². The van der Waals surface area contributed by atoms with Crippen LogP contribution in [0.2, 0.25) is 0 Å². The minimum Gasteiger partial charge on any atom is -0.380 e. The van der Waals surface area contributed by atoms with E-state index in [0.717, 1.165) is 31.2 Å². The van der Waals surface area contributed by atoms with E-state index in [1.807, 2.05) is 48.5 Å². The van der Waals surface area contributed by atoms with Gasteiger partial charge in [0, 0.05) is 17.7 Å². The van der Waals surface area contributed by atoms with Crippen LogP contribution < -0.4 is 5.32 Å². The van der Waals surface area contributed by atoms with E-state index in [2.05, 4.69) is 5.32 Å². The molecule has 0 saturated heterocycles. The van der Waals surface area contributed by atoms with Crippen LogP contribution >= 0.6 is 0 Å². The maximum atomic E-state index is 13.3. The average molecular weight is 415 g/mol. The van der Waals surface area contributed by atoms with E-state index in [-0.39, 0.29) is 11.3 Å². The largest absolute Gasteiger partial charge is 0.380 e. The molecule has 2 aromatic rings. The van der Waals surface area contributed by atoms with E-state index in [1.165, 1.54) is 0 Å². The quantitative estimate of drug-likeness (QED) is 0.727. The van der Waals surface area contributed by atoms with Crippen molar-refractivity contribution in [2.75, 3.05) is 6.61 Å². The zero-order valence-corrected chi connectivity index (χ0v) is 17.4. The van der Waals surface area contributed by atoms with Gasteiger partial charge >= 0.3 is 0 Å². The van der Waals surface area contributed by atoms with Crippen molar-refractivity contribution in [3.05, 3.63) is 95.2 Å². The van der Waals surface area contributed by atoms with E-state index >= 15 is 0 Å². The Bertz CT molecular complexity index is 1070. The van der Waals surface area contributed by atoms with Crippen LogP contribution in [0.3, 0.4) is 0 Å². The normalized spacial score (nSPS) is 24.1. The van der Waals surface area contributed by atoms with Gasteiger partial charge in [-0.3, -0.25) is 9.79 Å². The Morgan fingerprint density at radius 1 is 1.00 bits per heavy atom. The zero-order chi connectivity index (χ0) is 21.3. The first-order chi connectivity index (χ1) is 15.1. The fourth-order valence-corrected chi connectivity index (χ4v) is 4.65. The number of fused-ring (bicyclic) bond motifs is 1. The van der Waals surface area contributed by atoms with Gasteiger partial charge in [0.05, 0.1) is 17.8 Å². The van der Waals surface area contributed by atoms with Crippen LogP contribution in [0.15, 0.2) is 89.1 Å². The Kier molecular flexibility index (Phi) is 5.08. The van der Waals surface area contributed by atoms with Crippen LogP contribution in [0.25, 0.3) is 0 Å². The molecular formula is C26H26N2O3. The number of benzene rings is 2. The molecule has 31 heavy (non-hydrogen) atoms. The van der Waals surface area contributed by atoms with Crippen LogP contribution in [0.5, 0.6) is 0 Å². The summed E-state index contributed by atoms with van der Waals surface area (Å²) >= 11 is 0. The lowest BCUT2D eigenvalue weighted by atomic mass is 9.85. The summed E-state index contributed by atoms with van der Waals surface area (Å²) in [6.45, 7) is 0.886. The number of rotatable bonds is 5. The lowest BCUT2D eigenvalue weighted by Crippen LogP contribution is -2.57. The Labute approximate surface area is 182 Å². The Balaban J connectivity index is 1.53. The average Bonchev–Trinajstić information content (AvgIpc) is 3.27. The molecule has 1 spiro atoms. The summed E-state index contributed by atoms with van der Waals surface area (Å²) in [5, 5.41) is 15.0. The number of nitrogens with one attached hydrogen (secondary N) is 1. The van der Waals surface area contributed by atoms with Crippen molar-refractivity contribution in [2.24, 2.45) is 4.99 Å². The number of Topliss-reactive ketones (excluding diaryl/α,β-unsaturated/α-hetero) is 1. The maximum absolute atomic E-state index is 13.3. The molecule has 5 heteroatoms. The van der Waals surface area contributed by atoms with Crippen LogP contribution in [-0.2, 0) is 11.3 Å².